The third-order valence-electron chi connectivity index (χ3n) is 5.90. The molecule has 1 heterocycles. The summed E-state index contributed by atoms with van der Waals surface area (Å²) in [5, 5.41) is 24.9. The van der Waals surface area contributed by atoms with Crippen molar-refractivity contribution in [2.75, 3.05) is 19.8 Å². The lowest BCUT2D eigenvalue weighted by Gasteiger charge is -2.30. The van der Waals surface area contributed by atoms with Gasteiger partial charge in [0.15, 0.2) is 0 Å². The number of alkyl carbamates (subject to hydrolysis) is 1. The Kier molecular flexibility index (Phi) is 9.45. The van der Waals surface area contributed by atoms with E-state index in [2.05, 4.69) is 23.8 Å². The Morgan fingerprint density at radius 1 is 1.26 bits per heavy atom. The molecule has 11 nitrogen and oxygen atoms in total. The molecule has 1 saturated carbocycles. The molecule has 1 aliphatic carbocycles. The van der Waals surface area contributed by atoms with Gasteiger partial charge in [0.25, 0.3) is 0 Å². The third-order valence-corrected chi connectivity index (χ3v) is 5.90. The monoisotopic (exact) mass is 495 g/mol. The normalized spacial score (nSPS) is 26.4. The third kappa shape index (κ3) is 7.53. The topological polar surface area (TPSA) is 154 Å². The largest absolute Gasteiger partial charge is 0.479 e. The number of ether oxygens (including phenoxy) is 2. The van der Waals surface area contributed by atoms with E-state index in [-0.39, 0.29) is 25.8 Å². The van der Waals surface area contributed by atoms with Crippen LogP contribution in [-0.2, 0) is 23.9 Å². The number of carboxylic acids is 1. The number of hydrogen-bond donors (Lipinski definition) is 4. The van der Waals surface area contributed by atoms with Gasteiger partial charge in [0.05, 0.1) is 12.7 Å². The van der Waals surface area contributed by atoms with Crippen molar-refractivity contribution in [2.24, 2.45) is 5.92 Å². The zero-order chi connectivity index (χ0) is 26.4. The van der Waals surface area contributed by atoms with Crippen LogP contribution < -0.4 is 10.6 Å². The molecule has 0 radical (unpaired) electrons. The van der Waals surface area contributed by atoms with Crippen molar-refractivity contribution >= 4 is 23.9 Å². The summed E-state index contributed by atoms with van der Waals surface area (Å²) in [4.78, 5) is 51.8. The molecular weight excluding hydrogens is 458 g/mol. The van der Waals surface area contributed by atoms with Gasteiger partial charge in [-0.25, -0.2) is 9.59 Å². The molecule has 35 heavy (non-hydrogen) atoms. The first-order valence-corrected chi connectivity index (χ1v) is 11.7. The molecule has 2 aliphatic rings. The molecule has 1 saturated heterocycles. The van der Waals surface area contributed by atoms with Crippen LogP contribution in [-0.4, -0.2) is 88.1 Å². The van der Waals surface area contributed by atoms with Gasteiger partial charge in [-0.2, -0.15) is 0 Å². The van der Waals surface area contributed by atoms with Crippen molar-refractivity contribution in [3.63, 3.8) is 0 Å². The molecule has 11 heteroatoms. The van der Waals surface area contributed by atoms with Crippen LogP contribution in [0.5, 0.6) is 0 Å². The molecule has 1 aliphatic heterocycles. The molecule has 196 valence electrons. The Bertz CT molecular complexity index is 839. The fourth-order valence-electron chi connectivity index (χ4n) is 4.09. The molecular formula is C24H37N3O8. The summed E-state index contributed by atoms with van der Waals surface area (Å²) in [5.41, 5.74) is -2.24. The van der Waals surface area contributed by atoms with Crippen LogP contribution in [0.15, 0.2) is 25.3 Å². The number of hydrogen-bond acceptors (Lipinski definition) is 7. The van der Waals surface area contributed by atoms with Crippen molar-refractivity contribution in [3.05, 3.63) is 25.3 Å². The van der Waals surface area contributed by atoms with Gasteiger partial charge < -0.3 is 35.2 Å². The Morgan fingerprint density at radius 2 is 1.94 bits per heavy atom. The van der Waals surface area contributed by atoms with Crippen molar-refractivity contribution in [3.8, 4) is 0 Å². The van der Waals surface area contributed by atoms with Gasteiger partial charge in [0.1, 0.15) is 23.2 Å². The number of amides is 3. The number of aliphatic hydroxyl groups is 1. The van der Waals surface area contributed by atoms with Gasteiger partial charge in [-0.05, 0) is 40.0 Å². The van der Waals surface area contributed by atoms with E-state index in [4.69, 9.17) is 9.47 Å². The number of rotatable bonds is 12. The fourth-order valence-corrected chi connectivity index (χ4v) is 4.09. The fraction of sp³-hybridized carbons (Fsp3) is 0.667. The molecule has 2 fully saturated rings. The molecule has 0 spiro atoms. The lowest BCUT2D eigenvalue weighted by atomic mass is 10.1. The van der Waals surface area contributed by atoms with E-state index >= 15 is 0 Å². The minimum absolute atomic E-state index is 0.0480. The molecule has 4 N–H and O–H groups in total. The summed E-state index contributed by atoms with van der Waals surface area (Å²) in [6.45, 7) is 12.8. The second kappa shape index (κ2) is 11.7. The maximum Gasteiger partial charge on any atom is 0.408 e. The van der Waals surface area contributed by atoms with Crippen LogP contribution in [0.2, 0.25) is 0 Å². The average molecular weight is 496 g/mol. The lowest BCUT2D eigenvalue weighted by molar-refractivity contribution is -0.145. The first-order chi connectivity index (χ1) is 16.3. The molecule has 2 rings (SSSR count). The highest BCUT2D eigenvalue weighted by Crippen LogP contribution is 2.44. The molecule has 3 amide bonds. The van der Waals surface area contributed by atoms with E-state index in [0.717, 1.165) is 0 Å². The Balaban J connectivity index is 2.15. The SMILES string of the molecule is C=CCOCCC[C@H](NC(=O)OC(C)(C)C)C(=O)N1C[C@H](O)C[C@H]1C(=O)N[C@]1(C(=O)O)C[C@H]1C=C. The van der Waals surface area contributed by atoms with Crippen LogP contribution in [0.1, 0.15) is 46.5 Å². The number of carboxylic acid groups (broad SMARTS) is 1. The predicted molar refractivity (Wildman–Crippen MR) is 126 cm³/mol. The second-order valence-electron chi connectivity index (χ2n) is 9.91. The summed E-state index contributed by atoms with van der Waals surface area (Å²) in [6.07, 6.45) is 2.09. The number of carbonyl (C=O) groups is 4. The van der Waals surface area contributed by atoms with Gasteiger partial charge in [-0.3, -0.25) is 9.59 Å². The van der Waals surface area contributed by atoms with Crippen molar-refractivity contribution in [2.45, 2.75) is 75.8 Å². The zero-order valence-electron chi connectivity index (χ0n) is 20.6. The second-order valence-corrected chi connectivity index (χ2v) is 9.91. The highest BCUT2D eigenvalue weighted by atomic mass is 16.6. The molecule has 0 bridgehead atoms. The average Bonchev–Trinajstić information content (AvgIpc) is 3.34. The summed E-state index contributed by atoms with van der Waals surface area (Å²) in [5.74, 6) is -2.85. The summed E-state index contributed by atoms with van der Waals surface area (Å²) in [6, 6.07) is -2.12. The number of aliphatic carboxylic acids is 1. The number of aliphatic hydroxyl groups excluding tert-OH is 1. The molecule has 5 atom stereocenters. The van der Waals surface area contributed by atoms with Gasteiger partial charge >= 0.3 is 12.1 Å². The predicted octanol–water partition coefficient (Wildman–Crippen LogP) is 0.970. The number of nitrogens with zero attached hydrogens (tertiary/aromatic N) is 1. The number of carbonyl (C=O) groups excluding carboxylic acids is 3. The quantitative estimate of drug-likeness (QED) is 0.231. The first kappa shape index (κ1) is 28.3. The molecule has 0 aromatic rings. The van der Waals surface area contributed by atoms with Crippen molar-refractivity contribution in [1.29, 1.82) is 0 Å². The van der Waals surface area contributed by atoms with Crippen LogP contribution in [0.25, 0.3) is 0 Å². The number of nitrogens with one attached hydrogen (secondary N) is 2. The number of β-amino-alcohol motifs (C(OH)–C–C–N with tert-alkyl or cyclic N) is 1. The van der Waals surface area contributed by atoms with E-state index in [1.165, 1.54) is 11.0 Å². The Hall–Kier alpha value is -2.92. The zero-order valence-corrected chi connectivity index (χ0v) is 20.6. The van der Waals surface area contributed by atoms with Crippen LogP contribution >= 0.6 is 0 Å². The van der Waals surface area contributed by atoms with Crippen LogP contribution in [0.3, 0.4) is 0 Å². The summed E-state index contributed by atoms with van der Waals surface area (Å²) in [7, 11) is 0. The van der Waals surface area contributed by atoms with E-state index in [9.17, 15) is 29.4 Å². The van der Waals surface area contributed by atoms with Crippen LogP contribution in [0.4, 0.5) is 4.79 Å². The molecule has 0 unspecified atom stereocenters. The smallest absolute Gasteiger partial charge is 0.408 e. The first-order valence-electron chi connectivity index (χ1n) is 11.7. The minimum Gasteiger partial charge on any atom is -0.479 e. The van der Waals surface area contributed by atoms with Gasteiger partial charge in [-0.1, -0.05) is 12.2 Å². The Labute approximate surface area is 205 Å². The summed E-state index contributed by atoms with van der Waals surface area (Å²) < 4.78 is 10.6. The van der Waals surface area contributed by atoms with E-state index in [1.54, 1.807) is 26.8 Å². The molecule has 0 aromatic carbocycles. The maximum atomic E-state index is 13.4. The van der Waals surface area contributed by atoms with E-state index < -0.39 is 59.1 Å². The van der Waals surface area contributed by atoms with Crippen LogP contribution in [0, 0.1) is 5.92 Å². The van der Waals surface area contributed by atoms with Crippen molar-refractivity contribution in [1.82, 2.24) is 15.5 Å². The van der Waals surface area contributed by atoms with E-state index in [1.807, 2.05) is 0 Å². The summed E-state index contributed by atoms with van der Waals surface area (Å²) >= 11 is 0. The van der Waals surface area contributed by atoms with E-state index in [0.29, 0.717) is 19.6 Å². The maximum absolute atomic E-state index is 13.4. The minimum atomic E-state index is -1.46. The van der Waals surface area contributed by atoms with Gasteiger partial charge in [0, 0.05) is 25.5 Å². The Morgan fingerprint density at radius 3 is 2.49 bits per heavy atom. The lowest BCUT2D eigenvalue weighted by Crippen LogP contribution is -2.56. The molecule has 0 aromatic heterocycles. The van der Waals surface area contributed by atoms with Gasteiger partial charge in [0.2, 0.25) is 11.8 Å². The number of likely N-dealkylation sites (tertiary alicyclic amines) is 1. The highest BCUT2D eigenvalue weighted by molar-refractivity contribution is 5.96. The highest BCUT2D eigenvalue weighted by Gasteiger charge is 2.61. The standard InChI is InChI=1S/C24H37N3O8/c1-6-10-34-11-8-9-17(25-22(33)35-23(3,4)5)20(30)27-14-16(28)12-18(27)19(29)26-24(21(31)32)13-15(24)7-2/h6-7,15-18,28H,1-2,8-14H2,3-5H3,(H,25,33)(H,26,29)(H,31,32)/t15-,16-,17+,18+,24-/m1/s1. The van der Waals surface area contributed by atoms with Crippen molar-refractivity contribution < 1.29 is 38.9 Å². The van der Waals surface area contributed by atoms with Gasteiger partial charge in [-0.15, -0.1) is 13.2 Å².